The van der Waals surface area contributed by atoms with E-state index < -0.39 is 6.10 Å². The first-order chi connectivity index (χ1) is 28.0. The summed E-state index contributed by atoms with van der Waals surface area (Å²) in [6, 6.07) is 0. The molecule has 6 nitrogen and oxygen atoms in total. The topological polar surface area (TPSA) is 78.9 Å². The highest BCUT2D eigenvalue weighted by Gasteiger charge is 2.19. The largest absolute Gasteiger partial charge is 0.462 e. The number of ether oxygens (including phenoxy) is 3. The molecular weight excluding hydrogens is 709 g/mol. The molecule has 0 aromatic rings. The minimum atomic E-state index is -0.776. The molecule has 0 aliphatic rings. The number of rotatable bonds is 43. The summed E-state index contributed by atoms with van der Waals surface area (Å²) in [6.45, 7) is 6.47. The lowest BCUT2D eigenvalue weighted by Gasteiger charge is -2.18. The van der Waals surface area contributed by atoms with Crippen LogP contribution in [0.15, 0.2) is 48.6 Å². The average Bonchev–Trinajstić information content (AvgIpc) is 3.21. The van der Waals surface area contributed by atoms with E-state index in [1.807, 2.05) is 18.2 Å². The first-order valence-corrected chi connectivity index (χ1v) is 24.2. The van der Waals surface area contributed by atoms with Crippen molar-refractivity contribution in [1.82, 2.24) is 0 Å². The van der Waals surface area contributed by atoms with Gasteiger partial charge in [0.05, 0.1) is 0 Å². The van der Waals surface area contributed by atoms with Crippen LogP contribution in [-0.4, -0.2) is 37.2 Å². The molecule has 0 heterocycles. The molecule has 0 N–H and O–H groups in total. The van der Waals surface area contributed by atoms with Gasteiger partial charge in [-0.15, -0.1) is 0 Å². The van der Waals surface area contributed by atoms with Crippen molar-refractivity contribution in [2.45, 2.75) is 245 Å². The van der Waals surface area contributed by atoms with Gasteiger partial charge in [-0.3, -0.25) is 14.4 Å². The predicted molar refractivity (Wildman–Crippen MR) is 242 cm³/mol. The van der Waals surface area contributed by atoms with Crippen molar-refractivity contribution in [2.24, 2.45) is 0 Å². The summed E-state index contributed by atoms with van der Waals surface area (Å²) in [5.74, 6) is -0.899. The second-order valence-electron chi connectivity index (χ2n) is 16.1. The molecule has 0 saturated carbocycles. The van der Waals surface area contributed by atoms with Crippen molar-refractivity contribution in [3.63, 3.8) is 0 Å². The SMILES string of the molecule is CC\C=C/C=C\C=C/C=C\CCCCCCCC(=O)OCC(COC(=O)CCCCCCCCCCC)OC(=O)CCCCCCCCCCCCCCCCC. The van der Waals surface area contributed by atoms with E-state index in [1.54, 1.807) is 0 Å². The first kappa shape index (κ1) is 54.4. The molecule has 0 aromatic heterocycles. The summed E-state index contributed by atoms with van der Waals surface area (Å²) in [7, 11) is 0. The van der Waals surface area contributed by atoms with Gasteiger partial charge in [-0.25, -0.2) is 0 Å². The van der Waals surface area contributed by atoms with Crippen LogP contribution in [0.5, 0.6) is 0 Å². The maximum absolute atomic E-state index is 12.7. The van der Waals surface area contributed by atoms with Crippen LogP contribution in [0.4, 0.5) is 0 Å². The van der Waals surface area contributed by atoms with Crippen molar-refractivity contribution in [3.8, 4) is 0 Å². The number of allylic oxidation sites excluding steroid dienone is 8. The number of carbonyl (C=O) groups is 3. The van der Waals surface area contributed by atoms with Gasteiger partial charge in [0.2, 0.25) is 0 Å². The molecule has 330 valence electrons. The van der Waals surface area contributed by atoms with Crippen molar-refractivity contribution < 1.29 is 28.6 Å². The molecule has 1 unspecified atom stereocenters. The standard InChI is InChI=1S/C51H90O6/c1-4-7-10-13-16-19-21-23-25-27-29-32-35-38-41-44-50(53)56-47-48(46-55-49(52)43-40-37-34-31-18-15-12-9-6-3)57-51(54)45-42-39-36-33-30-28-26-24-22-20-17-14-11-8-5-2/h7,10,13,16,19,21,23,25,48H,4-6,8-9,11-12,14-15,17-18,20,22,24,26-47H2,1-3H3/b10-7-,16-13-,21-19-,25-23-. The smallest absolute Gasteiger partial charge is 0.306 e. The molecule has 0 amide bonds. The highest BCUT2D eigenvalue weighted by atomic mass is 16.6. The third-order valence-electron chi connectivity index (χ3n) is 10.4. The molecule has 57 heavy (non-hydrogen) atoms. The monoisotopic (exact) mass is 799 g/mol. The Hall–Kier alpha value is -2.63. The maximum Gasteiger partial charge on any atom is 0.306 e. The van der Waals surface area contributed by atoms with Crippen LogP contribution in [-0.2, 0) is 28.6 Å². The molecule has 0 aliphatic carbocycles. The summed E-state index contributed by atoms with van der Waals surface area (Å²) in [4.78, 5) is 37.8. The van der Waals surface area contributed by atoms with Crippen LogP contribution >= 0.6 is 0 Å². The summed E-state index contributed by atoms with van der Waals surface area (Å²) in [5, 5.41) is 0. The van der Waals surface area contributed by atoms with E-state index >= 15 is 0 Å². The second kappa shape index (κ2) is 46.1. The van der Waals surface area contributed by atoms with Gasteiger partial charge in [0.25, 0.3) is 0 Å². The number of unbranched alkanes of at least 4 members (excludes halogenated alkanes) is 27. The normalized spacial score (nSPS) is 12.4. The van der Waals surface area contributed by atoms with Crippen molar-refractivity contribution in [3.05, 3.63) is 48.6 Å². The van der Waals surface area contributed by atoms with Gasteiger partial charge in [0.1, 0.15) is 13.2 Å². The summed E-state index contributed by atoms with van der Waals surface area (Å²) in [5.41, 5.74) is 0. The summed E-state index contributed by atoms with van der Waals surface area (Å²) in [6.07, 6.45) is 53.8. The lowest BCUT2D eigenvalue weighted by molar-refractivity contribution is -0.167. The molecule has 0 spiro atoms. The van der Waals surface area contributed by atoms with Gasteiger partial charge >= 0.3 is 17.9 Å². The van der Waals surface area contributed by atoms with Gasteiger partial charge in [-0.05, 0) is 38.5 Å². The Morgan fingerprint density at radius 1 is 0.368 bits per heavy atom. The van der Waals surface area contributed by atoms with E-state index in [-0.39, 0.29) is 31.1 Å². The third-order valence-corrected chi connectivity index (χ3v) is 10.4. The van der Waals surface area contributed by atoms with E-state index in [9.17, 15) is 14.4 Å². The van der Waals surface area contributed by atoms with Crippen LogP contribution in [0, 0.1) is 0 Å². The van der Waals surface area contributed by atoms with E-state index in [2.05, 4.69) is 51.2 Å². The Kier molecular flexibility index (Phi) is 43.9. The fraction of sp³-hybridized carbons (Fsp3) is 0.784. The predicted octanol–water partition coefficient (Wildman–Crippen LogP) is 15.5. The fourth-order valence-corrected chi connectivity index (χ4v) is 6.81. The zero-order valence-electron chi connectivity index (χ0n) is 37.6. The van der Waals surface area contributed by atoms with Crippen LogP contribution in [0.3, 0.4) is 0 Å². The van der Waals surface area contributed by atoms with Crippen LogP contribution in [0.25, 0.3) is 0 Å². The fourth-order valence-electron chi connectivity index (χ4n) is 6.81. The minimum absolute atomic E-state index is 0.0780. The molecular formula is C51H90O6. The van der Waals surface area contributed by atoms with Crippen LogP contribution in [0.2, 0.25) is 0 Å². The Morgan fingerprint density at radius 3 is 1.07 bits per heavy atom. The van der Waals surface area contributed by atoms with E-state index in [0.717, 1.165) is 83.5 Å². The average molecular weight is 799 g/mol. The quantitative estimate of drug-likeness (QED) is 0.0265. The maximum atomic E-state index is 12.7. The Bertz CT molecular complexity index is 1010. The lowest BCUT2D eigenvalue weighted by Crippen LogP contribution is -2.30. The number of hydrogen-bond acceptors (Lipinski definition) is 6. The molecule has 0 radical (unpaired) electrons. The van der Waals surface area contributed by atoms with E-state index in [1.165, 1.54) is 116 Å². The Morgan fingerprint density at radius 2 is 0.684 bits per heavy atom. The molecule has 0 fully saturated rings. The van der Waals surface area contributed by atoms with Crippen molar-refractivity contribution in [1.29, 1.82) is 0 Å². The van der Waals surface area contributed by atoms with Gasteiger partial charge in [0, 0.05) is 19.3 Å². The Balaban J connectivity index is 4.36. The summed E-state index contributed by atoms with van der Waals surface area (Å²) < 4.78 is 16.7. The zero-order chi connectivity index (χ0) is 41.5. The number of hydrogen-bond donors (Lipinski definition) is 0. The number of esters is 3. The summed E-state index contributed by atoms with van der Waals surface area (Å²) >= 11 is 0. The molecule has 0 aliphatic heterocycles. The Labute approximate surface area is 352 Å². The number of carbonyl (C=O) groups excluding carboxylic acids is 3. The molecule has 0 bridgehead atoms. The lowest BCUT2D eigenvalue weighted by atomic mass is 10.0. The molecule has 0 saturated heterocycles. The van der Waals surface area contributed by atoms with Gasteiger partial charge in [-0.2, -0.15) is 0 Å². The van der Waals surface area contributed by atoms with E-state index in [4.69, 9.17) is 14.2 Å². The van der Waals surface area contributed by atoms with Gasteiger partial charge in [0.15, 0.2) is 6.10 Å². The van der Waals surface area contributed by atoms with Gasteiger partial charge < -0.3 is 14.2 Å². The molecule has 6 heteroatoms. The molecule has 0 rings (SSSR count). The van der Waals surface area contributed by atoms with Crippen molar-refractivity contribution >= 4 is 17.9 Å². The highest BCUT2D eigenvalue weighted by Crippen LogP contribution is 2.15. The third kappa shape index (κ3) is 44.3. The van der Waals surface area contributed by atoms with E-state index in [0.29, 0.717) is 19.3 Å². The minimum Gasteiger partial charge on any atom is -0.462 e. The van der Waals surface area contributed by atoms with Gasteiger partial charge in [-0.1, -0.05) is 230 Å². The van der Waals surface area contributed by atoms with Crippen LogP contribution in [0.1, 0.15) is 239 Å². The second-order valence-corrected chi connectivity index (χ2v) is 16.1. The molecule has 0 aromatic carbocycles. The zero-order valence-corrected chi connectivity index (χ0v) is 37.6. The van der Waals surface area contributed by atoms with Crippen LogP contribution < -0.4 is 0 Å². The van der Waals surface area contributed by atoms with Crippen molar-refractivity contribution in [2.75, 3.05) is 13.2 Å². The molecule has 1 atom stereocenters. The highest BCUT2D eigenvalue weighted by molar-refractivity contribution is 5.71. The first-order valence-electron chi connectivity index (χ1n) is 24.2.